The Morgan fingerprint density at radius 3 is 2.35 bits per heavy atom. The lowest BCUT2D eigenvalue weighted by atomic mass is 10.0. The molecule has 1 fully saturated rings. The van der Waals surface area contributed by atoms with Gasteiger partial charge in [0.05, 0.1) is 5.25 Å². The molecule has 3 aromatic rings. The molecule has 6 heteroatoms. The Morgan fingerprint density at radius 2 is 1.68 bits per heavy atom. The molecule has 5 nitrogen and oxygen atoms in total. The lowest BCUT2D eigenvalue weighted by molar-refractivity contribution is -0.117. The second-order valence-corrected chi connectivity index (χ2v) is 9.40. The minimum atomic E-state index is -0.490. The molecule has 1 saturated heterocycles. The van der Waals surface area contributed by atoms with Crippen molar-refractivity contribution in [3.8, 4) is 6.07 Å². The smallest absolute Gasteiger partial charge is 0.264 e. The van der Waals surface area contributed by atoms with E-state index < -0.39 is 11.2 Å². The second kappa shape index (κ2) is 10.4. The van der Waals surface area contributed by atoms with Gasteiger partial charge in [-0.25, -0.2) is 0 Å². The summed E-state index contributed by atoms with van der Waals surface area (Å²) >= 11 is 1.28. The fraction of sp³-hybridized carbons (Fsp3) is 0.179. The van der Waals surface area contributed by atoms with E-state index >= 15 is 0 Å². The van der Waals surface area contributed by atoms with Crippen molar-refractivity contribution in [2.45, 2.75) is 32.1 Å². The van der Waals surface area contributed by atoms with Crippen molar-refractivity contribution in [1.29, 1.82) is 5.26 Å². The number of carbonyl (C=O) groups is 2. The van der Waals surface area contributed by atoms with Crippen LogP contribution in [0, 0.1) is 25.2 Å². The highest BCUT2D eigenvalue weighted by Crippen LogP contribution is 2.42. The quantitative estimate of drug-likeness (QED) is 0.407. The molecular weight excluding hydrogens is 442 g/mol. The summed E-state index contributed by atoms with van der Waals surface area (Å²) in [7, 11) is 0. The lowest BCUT2D eigenvalue weighted by Crippen LogP contribution is -2.32. The lowest BCUT2D eigenvalue weighted by Gasteiger charge is -2.19. The predicted octanol–water partition coefficient (Wildman–Crippen LogP) is 5.05. The van der Waals surface area contributed by atoms with Gasteiger partial charge in [0.1, 0.15) is 16.7 Å². The zero-order valence-electron chi connectivity index (χ0n) is 19.1. The summed E-state index contributed by atoms with van der Waals surface area (Å²) in [5, 5.41) is 12.7. The van der Waals surface area contributed by atoms with Gasteiger partial charge in [-0.05, 0) is 49.1 Å². The number of hydrogen-bond acceptors (Lipinski definition) is 4. The summed E-state index contributed by atoms with van der Waals surface area (Å²) in [5.74, 6) is -0.619. The van der Waals surface area contributed by atoms with Crippen LogP contribution in [0.1, 0.15) is 22.3 Å². The molecule has 1 aliphatic heterocycles. The Balaban J connectivity index is 1.68. The molecule has 34 heavy (non-hydrogen) atoms. The molecule has 4 rings (SSSR count). The third kappa shape index (κ3) is 5.05. The Hall–Kier alpha value is -3.82. The topological polar surface area (TPSA) is 73.2 Å². The van der Waals surface area contributed by atoms with Crippen LogP contribution in [0.3, 0.4) is 0 Å². The zero-order valence-corrected chi connectivity index (χ0v) is 19.9. The number of hydrogen-bond donors (Lipinski definition) is 1. The van der Waals surface area contributed by atoms with Crippen LogP contribution in [-0.2, 0) is 22.6 Å². The van der Waals surface area contributed by atoms with E-state index in [1.54, 1.807) is 0 Å². The summed E-state index contributed by atoms with van der Waals surface area (Å²) in [5.41, 5.74) is 4.77. The van der Waals surface area contributed by atoms with Crippen LogP contribution in [0.5, 0.6) is 0 Å². The van der Waals surface area contributed by atoms with Gasteiger partial charge in [-0.2, -0.15) is 5.26 Å². The van der Waals surface area contributed by atoms with Gasteiger partial charge < -0.3 is 5.32 Å². The van der Waals surface area contributed by atoms with Crippen molar-refractivity contribution in [1.82, 2.24) is 5.32 Å². The van der Waals surface area contributed by atoms with Crippen LogP contribution < -0.4 is 10.2 Å². The van der Waals surface area contributed by atoms with E-state index in [4.69, 9.17) is 0 Å². The van der Waals surface area contributed by atoms with Gasteiger partial charge in [0.2, 0.25) is 5.91 Å². The van der Waals surface area contributed by atoms with Gasteiger partial charge >= 0.3 is 0 Å². The number of amides is 2. The van der Waals surface area contributed by atoms with E-state index in [1.807, 2.05) is 92.7 Å². The molecule has 1 aliphatic rings. The molecule has 1 heterocycles. The van der Waals surface area contributed by atoms with Crippen LogP contribution in [0.15, 0.2) is 89.5 Å². The average molecular weight is 468 g/mol. The highest BCUT2D eigenvalue weighted by molar-refractivity contribution is 8.05. The third-order valence-electron chi connectivity index (χ3n) is 5.76. The minimum absolute atomic E-state index is 0.0536. The number of anilines is 1. The number of benzene rings is 3. The van der Waals surface area contributed by atoms with Crippen LogP contribution in [-0.4, -0.2) is 17.1 Å². The van der Waals surface area contributed by atoms with Crippen molar-refractivity contribution in [3.05, 3.63) is 112 Å². The third-order valence-corrected chi connectivity index (χ3v) is 7.02. The Morgan fingerprint density at radius 1 is 1.00 bits per heavy atom. The van der Waals surface area contributed by atoms with Crippen molar-refractivity contribution in [3.63, 3.8) is 0 Å². The van der Waals surface area contributed by atoms with Crippen molar-refractivity contribution in [2.75, 3.05) is 4.90 Å². The van der Waals surface area contributed by atoms with Crippen molar-refractivity contribution >= 4 is 29.3 Å². The molecule has 0 spiro atoms. The van der Waals surface area contributed by atoms with Gasteiger partial charge in [-0.3, -0.25) is 14.5 Å². The summed E-state index contributed by atoms with van der Waals surface area (Å²) in [6.45, 7) is 4.29. The molecular formula is C28H25N3O2S. The van der Waals surface area contributed by atoms with E-state index in [0.717, 1.165) is 22.3 Å². The van der Waals surface area contributed by atoms with E-state index in [0.29, 0.717) is 23.7 Å². The van der Waals surface area contributed by atoms with Gasteiger partial charge in [-0.15, -0.1) is 0 Å². The van der Waals surface area contributed by atoms with Gasteiger partial charge in [-0.1, -0.05) is 84.1 Å². The Kier molecular flexibility index (Phi) is 7.15. The number of nitrogens with zero attached hydrogens (tertiary/aromatic N) is 2. The molecule has 0 saturated carbocycles. The first-order chi connectivity index (χ1) is 16.5. The maximum atomic E-state index is 13.6. The van der Waals surface area contributed by atoms with E-state index in [9.17, 15) is 14.9 Å². The van der Waals surface area contributed by atoms with Crippen molar-refractivity contribution in [2.24, 2.45) is 0 Å². The molecule has 1 atom stereocenters. The maximum Gasteiger partial charge on any atom is 0.264 e. The first kappa shape index (κ1) is 23.3. The van der Waals surface area contributed by atoms with Gasteiger partial charge in [0.15, 0.2) is 0 Å². The summed E-state index contributed by atoms with van der Waals surface area (Å²) in [4.78, 5) is 28.1. The number of nitrogens with one attached hydrogen (secondary N) is 1. The number of thioether (sulfide) groups is 1. The molecule has 1 N–H and O–H groups in total. The summed E-state index contributed by atoms with van der Waals surface area (Å²) < 4.78 is 0. The highest BCUT2D eigenvalue weighted by atomic mass is 32.2. The Labute approximate surface area is 204 Å². The van der Waals surface area contributed by atoms with E-state index in [-0.39, 0.29) is 11.5 Å². The fourth-order valence-corrected chi connectivity index (χ4v) is 5.12. The van der Waals surface area contributed by atoms with Crippen LogP contribution in [0.25, 0.3) is 0 Å². The minimum Gasteiger partial charge on any atom is -0.347 e. The first-order valence-electron chi connectivity index (χ1n) is 11.1. The molecule has 170 valence electrons. The highest BCUT2D eigenvalue weighted by Gasteiger charge is 2.40. The monoisotopic (exact) mass is 467 g/mol. The standard InChI is InChI=1S/C28H25N3O2S/c1-19-12-14-23(15-13-19)31-27(33)25(16-22-11-7-6-8-20(22)2)34-28(31)24(17-29)26(32)30-18-21-9-4-3-5-10-21/h3-15,25H,16,18H2,1-2H3,(H,30,32)/b28-24-/t25-/m0/s1. The van der Waals surface area contributed by atoms with Gasteiger partial charge in [0.25, 0.3) is 5.91 Å². The summed E-state index contributed by atoms with van der Waals surface area (Å²) in [6, 6.07) is 27.1. The zero-order chi connectivity index (χ0) is 24.1. The molecule has 0 unspecified atom stereocenters. The fourth-order valence-electron chi connectivity index (χ4n) is 3.82. The molecule has 2 amide bonds. The summed E-state index contributed by atoms with van der Waals surface area (Å²) in [6.07, 6.45) is 0.520. The number of carbonyl (C=O) groups excluding carboxylic acids is 2. The molecule has 0 aromatic heterocycles. The molecule has 0 radical (unpaired) electrons. The number of nitriles is 1. The SMILES string of the molecule is Cc1ccc(N2C(=O)[C@H](Cc3ccccc3C)S/C2=C(/C#N)C(=O)NCc2ccccc2)cc1. The number of rotatable bonds is 6. The first-order valence-corrected chi connectivity index (χ1v) is 11.9. The second-order valence-electron chi connectivity index (χ2n) is 8.21. The molecule has 0 aliphatic carbocycles. The normalized spacial score (nSPS) is 16.8. The van der Waals surface area contributed by atoms with Crippen molar-refractivity contribution < 1.29 is 9.59 Å². The van der Waals surface area contributed by atoms with E-state index in [1.165, 1.54) is 16.7 Å². The van der Waals surface area contributed by atoms with Crippen LogP contribution >= 0.6 is 11.8 Å². The predicted molar refractivity (Wildman–Crippen MR) is 136 cm³/mol. The van der Waals surface area contributed by atoms with Crippen LogP contribution in [0.4, 0.5) is 5.69 Å². The Bertz CT molecular complexity index is 1280. The van der Waals surface area contributed by atoms with E-state index in [2.05, 4.69) is 11.4 Å². The average Bonchev–Trinajstić information content (AvgIpc) is 3.16. The molecule has 3 aromatic carbocycles. The maximum absolute atomic E-state index is 13.6. The largest absolute Gasteiger partial charge is 0.347 e. The van der Waals surface area contributed by atoms with Gasteiger partial charge in [0, 0.05) is 12.2 Å². The van der Waals surface area contributed by atoms with Crippen LogP contribution in [0.2, 0.25) is 0 Å². The number of aryl methyl sites for hydroxylation is 2. The molecule has 0 bridgehead atoms.